The summed E-state index contributed by atoms with van der Waals surface area (Å²) in [5.41, 5.74) is 2.24. The van der Waals surface area contributed by atoms with Crippen LogP contribution in [0.3, 0.4) is 0 Å². The van der Waals surface area contributed by atoms with Crippen molar-refractivity contribution < 1.29 is 14.3 Å². The maximum Gasteiger partial charge on any atom is 0.278 e. The van der Waals surface area contributed by atoms with Crippen molar-refractivity contribution >= 4 is 33.8 Å². The highest BCUT2D eigenvalue weighted by molar-refractivity contribution is 6.36. The number of carbonyl (C=O) groups excluding carboxylic acids is 2. The Morgan fingerprint density at radius 1 is 0.862 bits per heavy atom. The minimum absolute atomic E-state index is 0.278. The lowest BCUT2D eigenvalue weighted by Crippen LogP contribution is -2.33. The van der Waals surface area contributed by atoms with Gasteiger partial charge in [0.2, 0.25) is 0 Å². The summed E-state index contributed by atoms with van der Waals surface area (Å²) >= 11 is 0. The molecule has 4 rings (SSSR count). The Morgan fingerprint density at radius 2 is 1.59 bits per heavy atom. The van der Waals surface area contributed by atoms with E-state index in [1.54, 1.807) is 7.11 Å². The van der Waals surface area contributed by atoms with Gasteiger partial charge in [-0.15, -0.1) is 0 Å². The average Bonchev–Trinajstić information content (AvgIpc) is 2.99. The Balaban J connectivity index is 1.76. The minimum atomic E-state index is -0.308. The number of carbonyl (C=O) groups is 2. The fourth-order valence-electron chi connectivity index (χ4n) is 3.60. The quantitative estimate of drug-likeness (QED) is 0.491. The summed E-state index contributed by atoms with van der Waals surface area (Å²) in [4.78, 5) is 27.6. The van der Waals surface area contributed by atoms with Gasteiger partial charge in [0.25, 0.3) is 11.8 Å². The molecule has 0 fully saturated rings. The van der Waals surface area contributed by atoms with E-state index in [4.69, 9.17) is 4.74 Å². The van der Waals surface area contributed by atoms with E-state index in [9.17, 15) is 9.59 Å². The fourth-order valence-corrected chi connectivity index (χ4v) is 3.60. The molecule has 29 heavy (non-hydrogen) atoms. The van der Waals surface area contributed by atoms with Crippen LogP contribution < -0.4 is 5.32 Å². The van der Waals surface area contributed by atoms with Gasteiger partial charge in [0.1, 0.15) is 5.70 Å². The molecule has 3 aromatic rings. The first-order valence-electron chi connectivity index (χ1n) is 9.60. The second-order valence-corrected chi connectivity index (χ2v) is 6.88. The second kappa shape index (κ2) is 8.29. The Bertz CT molecular complexity index is 1080. The summed E-state index contributed by atoms with van der Waals surface area (Å²) in [5, 5.41) is 5.33. The molecule has 0 aromatic heterocycles. The molecule has 5 nitrogen and oxygen atoms in total. The molecule has 1 aliphatic rings. The third-order valence-corrected chi connectivity index (χ3v) is 5.01. The van der Waals surface area contributed by atoms with Gasteiger partial charge in [0.15, 0.2) is 0 Å². The highest BCUT2D eigenvalue weighted by Crippen LogP contribution is 2.32. The highest BCUT2D eigenvalue weighted by Gasteiger charge is 2.38. The van der Waals surface area contributed by atoms with Gasteiger partial charge in [-0.3, -0.25) is 14.5 Å². The number of rotatable bonds is 7. The molecule has 1 N–H and O–H groups in total. The smallest absolute Gasteiger partial charge is 0.278 e. The molecule has 0 radical (unpaired) electrons. The topological polar surface area (TPSA) is 58.6 Å². The Morgan fingerprint density at radius 3 is 2.38 bits per heavy atom. The zero-order valence-corrected chi connectivity index (χ0v) is 16.2. The number of hydrogen-bond acceptors (Lipinski definition) is 4. The van der Waals surface area contributed by atoms with Crippen LogP contribution in [-0.2, 0) is 14.3 Å². The van der Waals surface area contributed by atoms with E-state index >= 15 is 0 Å². The van der Waals surface area contributed by atoms with Crippen molar-refractivity contribution in [3.63, 3.8) is 0 Å². The molecule has 0 bridgehead atoms. The molecule has 0 saturated carbocycles. The largest absolute Gasteiger partial charge is 0.385 e. The molecular weight excluding hydrogens is 364 g/mol. The second-order valence-electron chi connectivity index (χ2n) is 6.88. The Labute approximate surface area is 169 Å². The number of imide groups is 1. The van der Waals surface area contributed by atoms with E-state index in [1.807, 2.05) is 72.8 Å². The minimum Gasteiger partial charge on any atom is -0.385 e. The number of anilines is 1. The predicted octanol–water partition coefficient (Wildman–Crippen LogP) is 4.07. The number of amides is 2. The summed E-state index contributed by atoms with van der Waals surface area (Å²) in [5.74, 6) is -0.585. The number of nitrogens with one attached hydrogen (secondary N) is 1. The monoisotopic (exact) mass is 386 g/mol. The van der Waals surface area contributed by atoms with Crippen LogP contribution in [-0.4, -0.2) is 37.0 Å². The predicted molar refractivity (Wildman–Crippen MR) is 114 cm³/mol. The molecule has 3 aromatic carbocycles. The van der Waals surface area contributed by atoms with Crippen LogP contribution >= 0.6 is 0 Å². The van der Waals surface area contributed by atoms with E-state index in [1.165, 1.54) is 4.90 Å². The zero-order valence-electron chi connectivity index (χ0n) is 16.2. The van der Waals surface area contributed by atoms with Crippen molar-refractivity contribution in [3.8, 4) is 0 Å². The van der Waals surface area contributed by atoms with Crippen LogP contribution in [0.4, 0.5) is 5.69 Å². The number of ether oxygens (including phenoxy) is 1. The van der Waals surface area contributed by atoms with Crippen LogP contribution in [0.5, 0.6) is 0 Å². The third-order valence-electron chi connectivity index (χ3n) is 5.01. The van der Waals surface area contributed by atoms with Crippen molar-refractivity contribution in [2.75, 3.05) is 25.6 Å². The van der Waals surface area contributed by atoms with Gasteiger partial charge in [-0.2, -0.15) is 0 Å². The molecular formula is C24H22N2O3. The molecule has 5 heteroatoms. The van der Waals surface area contributed by atoms with Crippen molar-refractivity contribution in [2.24, 2.45) is 0 Å². The average molecular weight is 386 g/mol. The van der Waals surface area contributed by atoms with Gasteiger partial charge in [-0.05, 0) is 23.4 Å². The van der Waals surface area contributed by atoms with Crippen LogP contribution in [0.2, 0.25) is 0 Å². The molecule has 0 aliphatic carbocycles. The van der Waals surface area contributed by atoms with Crippen molar-refractivity contribution in [2.45, 2.75) is 6.42 Å². The maximum absolute atomic E-state index is 13.2. The van der Waals surface area contributed by atoms with Gasteiger partial charge in [-0.25, -0.2) is 0 Å². The lowest BCUT2D eigenvalue weighted by atomic mass is 10.0. The molecule has 0 atom stereocenters. The lowest BCUT2D eigenvalue weighted by molar-refractivity contribution is -0.136. The molecule has 0 saturated heterocycles. The first-order valence-corrected chi connectivity index (χ1v) is 9.60. The van der Waals surface area contributed by atoms with Gasteiger partial charge >= 0.3 is 0 Å². The van der Waals surface area contributed by atoms with E-state index in [-0.39, 0.29) is 11.8 Å². The number of methoxy groups -OCH3 is 1. The van der Waals surface area contributed by atoms with Crippen molar-refractivity contribution in [1.29, 1.82) is 0 Å². The SMILES string of the molecule is COCCCN1C(=O)C(Nc2cccc3ccccc23)=C(c2ccccc2)C1=O. The van der Waals surface area contributed by atoms with Crippen molar-refractivity contribution in [3.05, 3.63) is 84.1 Å². The zero-order chi connectivity index (χ0) is 20.2. The van der Waals surface area contributed by atoms with E-state index in [0.717, 1.165) is 22.0 Å². The lowest BCUT2D eigenvalue weighted by Gasteiger charge is -2.15. The van der Waals surface area contributed by atoms with Crippen LogP contribution in [0.25, 0.3) is 16.3 Å². The summed E-state index contributed by atoms with van der Waals surface area (Å²) in [6.45, 7) is 0.812. The molecule has 1 heterocycles. The van der Waals surface area contributed by atoms with Crippen molar-refractivity contribution in [1.82, 2.24) is 4.90 Å². The number of benzene rings is 3. The molecule has 2 amide bonds. The number of nitrogens with zero attached hydrogens (tertiary/aromatic N) is 1. The fraction of sp³-hybridized carbons (Fsp3) is 0.167. The summed E-state index contributed by atoms with van der Waals surface area (Å²) in [7, 11) is 1.61. The molecule has 0 spiro atoms. The maximum atomic E-state index is 13.2. The van der Waals surface area contributed by atoms with E-state index in [2.05, 4.69) is 5.32 Å². The summed E-state index contributed by atoms with van der Waals surface area (Å²) in [6.07, 6.45) is 0.595. The van der Waals surface area contributed by atoms with E-state index < -0.39 is 0 Å². The van der Waals surface area contributed by atoms with Gasteiger partial charge in [0, 0.05) is 31.3 Å². The first-order chi connectivity index (χ1) is 14.2. The van der Waals surface area contributed by atoms with Crippen LogP contribution in [0, 0.1) is 0 Å². The van der Waals surface area contributed by atoms with E-state index in [0.29, 0.717) is 30.8 Å². The summed E-state index contributed by atoms with van der Waals surface area (Å²) < 4.78 is 5.08. The molecule has 146 valence electrons. The highest BCUT2D eigenvalue weighted by atomic mass is 16.5. The van der Waals surface area contributed by atoms with Crippen LogP contribution in [0.1, 0.15) is 12.0 Å². The van der Waals surface area contributed by atoms with Gasteiger partial charge in [0.05, 0.1) is 5.57 Å². The normalized spacial score (nSPS) is 14.2. The Kier molecular flexibility index (Phi) is 5.40. The van der Waals surface area contributed by atoms with Gasteiger partial charge < -0.3 is 10.1 Å². The van der Waals surface area contributed by atoms with Crippen LogP contribution in [0.15, 0.2) is 78.5 Å². The summed E-state index contributed by atoms with van der Waals surface area (Å²) in [6, 6.07) is 23.1. The number of fused-ring (bicyclic) bond motifs is 1. The standard InChI is InChI=1S/C24H22N2O3/c1-29-16-8-15-26-23(27)21(18-10-3-2-4-11-18)22(24(26)28)25-20-14-7-12-17-9-5-6-13-19(17)20/h2-7,9-14,25H,8,15-16H2,1H3. The molecule has 1 aliphatic heterocycles. The third kappa shape index (κ3) is 3.65. The Hall–Kier alpha value is -3.44. The first kappa shape index (κ1) is 18.9. The number of hydrogen-bond donors (Lipinski definition) is 1. The molecule has 0 unspecified atom stereocenters. The van der Waals surface area contributed by atoms with Gasteiger partial charge in [-0.1, -0.05) is 66.7 Å².